The van der Waals surface area contributed by atoms with Crippen LogP contribution in [-0.4, -0.2) is 65.9 Å². The number of hydrogen-bond acceptors (Lipinski definition) is 4. The summed E-state index contributed by atoms with van der Waals surface area (Å²) in [5, 5.41) is 11.7. The zero-order valence-corrected chi connectivity index (χ0v) is 12.2. The summed E-state index contributed by atoms with van der Waals surface area (Å²) in [5.74, 6) is -0.277. The number of hydrogen-bond donors (Lipinski definition) is 2. The summed E-state index contributed by atoms with van der Waals surface area (Å²) in [4.78, 5) is 24.7. The van der Waals surface area contributed by atoms with Crippen molar-refractivity contribution in [1.82, 2.24) is 10.2 Å². The van der Waals surface area contributed by atoms with Crippen LogP contribution in [0.4, 0.5) is 4.79 Å². The Kier molecular flexibility index (Phi) is 7.01. The van der Waals surface area contributed by atoms with Crippen LogP contribution in [-0.2, 0) is 9.53 Å². The molecule has 0 radical (unpaired) electrons. The molecule has 1 fully saturated rings. The maximum atomic E-state index is 12.0. The van der Waals surface area contributed by atoms with Crippen LogP contribution in [0.15, 0.2) is 0 Å². The minimum Gasteiger partial charge on any atom is -0.480 e. The molecular formula is C12H22N2O4S. The predicted molar refractivity (Wildman–Crippen MR) is 74.6 cm³/mol. The fourth-order valence-electron chi connectivity index (χ4n) is 1.88. The van der Waals surface area contributed by atoms with Gasteiger partial charge in [-0.3, -0.25) is 0 Å². The average molecular weight is 290 g/mol. The van der Waals surface area contributed by atoms with Gasteiger partial charge in [-0.25, -0.2) is 9.59 Å². The summed E-state index contributed by atoms with van der Waals surface area (Å²) in [7, 11) is 0. The zero-order chi connectivity index (χ0) is 14.3. The third-order valence-electron chi connectivity index (χ3n) is 3.09. The first kappa shape index (κ1) is 16.1. The number of ether oxygens (including phenoxy) is 1. The van der Waals surface area contributed by atoms with Gasteiger partial charge in [0.2, 0.25) is 0 Å². The van der Waals surface area contributed by atoms with Gasteiger partial charge in [-0.1, -0.05) is 6.92 Å². The lowest BCUT2D eigenvalue weighted by Gasteiger charge is -2.33. The molecule has 0 aliphatic carbocycles. The Morgan fingerprint density at radius 1 is 1.58 bits per heavy atom. The minimum atomic E-state index is -0.984. The number of urea groups is 1. The van der Waals surface area contributed by atoms with Crippen molar-refractivity contribution in [1.29, 1.82) is 0 Å². The Bertz CT molecular complexity index is 314. The maximum Gasteiger partial charge on any atom is 0.326 e. The number of morpholine rings is 1. The standard InChI is InChI=1S/C12H22N2O4S/c1-3-9-8-14(5-6-18-9)12(17)13-10(11(15)16)4-7-19-2/h9-10H,3-8H2,1-2H3,(H,13,17)(H,15,16). The third-order valence-corrected chi connectivity index (χ3v) is 3.73. The second kappa shape index (κ2) is 8.27. The molecule has 1 saturated heterocycles. The molecule has 6 nitrogen and oxygen atoms in total. The molecule has 0 spiro atoms. The topological polar surface area (TPSA) is 78.9 Å². The van der Waals surface area contributed by atoms with E-state index in [9.17, 15) is 9.59 Å². The lowest BCUT2D eigenvalue weighted by Crippen LogP contribution is -2.53. The van der Waals surface area contributed by atoms with E-state index in [1.165, 1.54) is 0 Å². The van der Waals surface area contributed by atoms with E-state index < -0.39 is 12.0 Å². The van der Waals surface area contributed by atoms with Gasteiger partial charge in [0.15, 0.2) is 0 Å². The highest BCUT2D eigenvalue weighted by Gasteiger charge is 2.26. The number of nitrogens with one attached hydrogen (secondary N) is 1. The van der Waals surface area contributed by atoms with E-state index in [-0.39, 0.29) is 12.1 Å². The summed E-state index contributed by atoms with van der Waals surface area (Å²) in [6, 6.07) is -1.13. The highest BCUT2D eigenvalue weighted by molar-refractivity contribution is 7.98. The molecule has 1 aliphatic heterocycles. The second-order valence-electron chi connectivity index (χ2n) is 4.47. The van der Waals surface area contributed by atoms with E-state index in [1.807, 2.05) is 13.2 Å². The first-order chi connectivity index (χ1) is 9.08. The average Bonchev–Trinajstić information content (AvgIpc) is 2.42. The summed E-state index contributed by atoms with van der Waals surface area (Å²) in [5.41, 5.74) is 0. The molecule has 2 N–H and O–H groups in total. The molecule has 0 aromatic heterocycles. The van der Waals surface area contributed by atoms with Crippen LogP contribution >= 0.6 is 11.8 Å². The normalized spacial score (nSPS) is 20.9. The lowest BCUT2D eigenvalue weighted by molar-refractivity contribution is -0.139. The van der Waals surface area contributed by atoms with Gasteiger partial charge in [-0.15, -0.1) is 0 Å². The van der Waals surface area contributed by atoms with Crippen LogP contribution in [0.25, 0.3) is 0 Å². The van der Waals surface area contributed by atoms with Crippen LogP contribution in [0, 0.1) is 0 Å². The van der Waals surface area contributed by atoms with E-state index in [0.29, 0.717) is 31.9 Å². The highest BCUT2D eigenvalue weighted by atomic mass is 32.2. The minimum absolute atomic E-state index is 0.0500. The van der Waals surface area contributed by atoms with E-state index >= 15 is 0 Å². The Hall–Kier alpha value is -0.950. The summed E-state index contributed by atoms with van der Waals surface area (Å²) in [6.45, 7) is 3.55. The fraction of sp³-hybridized carbons (Fsp3) is 0.833. The first-order valence-electron chi connectivity index (χ1n) is 6.47. The molecule has 110 valence electrons. The Morgan fingerprint density at radius 2 is 2.32 bits per heavy atom. The lowest BCUT2D eigenvalue weighted by atomic mass is 10.2. The van der Waals surface area contributed by atoms with Crippen LogP contribution in [0.1, 0.15) is 19.8 Å². The third kappa shape index (κ3) is 5.28. The Morgan fingerprint density at radius 3 is 2.89 bits per heavy atom. The molecule has 1 rings (SSSR count). The number of nitrogens with zero attached hydrogens (tertiary/aromatic N) is 1. The predicted octanol–water partition coefficient (Wildman–Crippen LogP) is 1.01. The summed E-state index contributed by atoms with van der Waals surface area (Å²) in [6.07, 6.45) is 3.24. The quantitative estimate of drug-likeness (QED) is 0.763. The van der Waals surface area contributed by atoms with Gasteiger partial charge >= 0.3 is 12.0 Å². The monoisotopic (exact) mass is 290 g/mol. The number of rotatable bonds is 6. The van der Waals surface area contributed by atoms with E-state index in [0.717, 1.165) is 6.42 Å². The number of carboxylic acid groups (broad SMARTS) is 1. The molecule has 0 aromatic rings. The molecule has 0 bridgehead atoms. The molecule has 0 saturated carbocycles. The molecule has 1 aliphatic rings. The van der Waals surface area contributed by atoms with Crippen molar-refractivity contribution in [2.45, 2.75) is 31.9 Å². The molecule has 2 amide bonds. The second-order valence-corrected chi connectivity index (χ2v) is 5.45. The van der Waals surface area contributed by atoms with Crippen molar-refractivity contribution >= 4 is 23.8 Å². The molecular weight excluding hydrogens is 268 g/mol. The molecule has 1 heterocycles. The van der Waals surface area contributed by atoms with E-state index in [4.69, 9.17) is 9.84 Å². The molecule has 0 aromatic carbocycles. The maximum absolute atomic E-state index is 12.0. The Balaban J connectivity index is 2.48. The summed E-state index contributed by atoms with van der Waals surface area (Å²) >= 11 is 1.57. The molecule has 2 unspecified atom stereocenters. The summed E-state index contributed by atoms with van der Waals surface area (Å²) < 4.78 is 5.48. The molecule has 19 heavy (non-hydrogen) atoms. The first-order valence-corrected chi connectivity index (χ1v) is 7.86. The van der Waals surface area contributed by atoms with Crippen LogP contribution < -0.4 is 5.32 Å². The SMILES string of the molecule is CCC1CN(C(=O)NC(CCSC)C(=O)O)CCO1. The van der Waals surface area contributed by atoms with Crippen molar-refractivity contribution in [3.05, 3.63) is 0 Å². The van der Waals surface area contributed by atoms with Crippen molar-refractivity contribution < 1.29 is 19.4 Å². The van der Waals surface area contributed by atoms with Crippen molar-refractivity contribution in [3.8, 4) is 0 Å². The van der Waals surface area contributed by atoms with E-state index in [1.54, 1.807) is 16.7 Å². The van der Waals surface area contributed by atoms with Crippen molar-refractivity contribution in [3.63, 3.8) is 0 Å². The zero-order valence-electron chi connectivity index (χ0n) is 11.4. The largest absolute Gasteiger partial charge is 0.480 e. The smallest absolute Gasteiger partial charge is 0.326 e. The van der Waals surface area contributed by atoms with Gasteiger partial charge in [0.1, 0.15) is 6.04 Å². The number of amides is 2. The van der Waals surface area contributed by atoms with Gasteiger partial charge < -0.3 is 20.1 Å². The number of carbonyl (C=O) groups excluding carboxylic acids is 1. The fourth-order valence-corrected chi connectivity index (χ4v) is 2.36. The van der Waals surface area contributed by atoms with Crippen LogP contribution in [0.5, 0.6) is 0 Å². The van der Waals surface area contributed by atoms with Gasteiger partial charge in [0.05, 0.1) is 12.7 Å². The number of carbonyl (C=O) groups is 2. The highest BCUT2D eigenvalue weighted by Crippen LogP contribution is 2.09. The Labute approximate surface area is 117 Å². The number of carboxylic acids is 1. The van der Waals surface area contributed by atoms with Gasteiger partial charge in [0, 0.05) is 13.1 Å². The van der Waals surface area contributed by atoms with Gasteiger partial charge in [-0.05, 0) is 24.9 Å². The molecule has 2 atom stereocenters. The van der Waals surface area contributed by atoms with Crippen LogP contribution in [0.2, 0.25) is 0 Å². The van der Waals surface area contributed by atoms with E-state index in [2.05, 4.69) is 5.32 Å². The van der Waals surface area contributed by atoms with Crippen molar-refractivity contribution in [2.24, 2.45) is 0 Å². The number of aliphatic carboxylic acids is 1. The number of thioether (sulfide) groups is 1. The van der Waals surface area contributed by atoms with Gasteiger partial charge in [0.25, 0.3) is 0 Å². The van der Waals surface area contributed by atoms with Crippen LogP contribution in [0.3, 0.4) is 0 Å². The van der Waals surface area contributed by atoms with Crippen molar-refractivity contribution in [2.75, 3.05) is 31.7 Å². The molecule has 7 heteroatoms. The van der Waals surface area contributed by atoms with Gasteiger partial charge in [-0.2, -0.15) is 11.8 Å².